The number of anilines is 1. The van der Waals surface area contributed by atoms with Gasteiger partial charge < -0.3 is 19.7 Å². The van der Waals surface area contributed by atoms with Crippen molar-refractivity contribution < 1.29 is 0 Å². The fraction of sp³-hybridized carbons (Fsp3) is 0.500. The number of hydrogen-bond acceptors (Lipinski definition) is 3. The molecule has 0 radical (unpaired) electrons. The highest BCUT2D eigenvalue weighted by Gasteiger charge is 2.12. The van der Waals surface area contributed by atoms with Crippen LogP contribution in [0.3, 0.4) is 0 Å². The van der Waals surface area contributed by atoms with E-state index in [1.807, 2.05) is 18.7 Å². The molecule has 1 aromatic carbocycles. The molecule has 0 fully saturated rings. The fourth-order valence-electron chi connectivity index (χ4n) is 2.64. The van der Waals surface area contributed by atoms with E-state index in [4.69, 9.17) is 12.2 Å². The summed E-state index contributed by atoms with van der Waals surface area (Å²) < 4.78 is 2.11. The van der Waals surface area contributed by atoms with E-state index in [0.717, 1.165) is 37.6 Å². The Balaban J connectivity index is 1.99. The van der Waals surface area contributed by atoms with Crippen LogP contribution in [0.25, 0.3) is 0 Å². The van der Waals surface area contributed by atoms with E-state index in [1.54, 1.807) is 0 Å². The molecule has 0 saturated carbocycles. The third kappa shape index (κ3) is 6.33. The monoisotopic (exact) mass is 373 g/mol. The Kier molecular flexibility index (Phi) is 7.91. The highest BCUT2D eigenvalue weighted by molar-refractivity contribution is 7.80. The lowest BCUT2D eigenvalue weighted by Crippen LogP contribution is -2.43. The molecule has 0 aliphatic carbocycles. The molecule has 0 aliphatic heterocycles. The van der Waals surface area contributed by atoms with E-state index in [2.05, 4.69) is 76.9 Å². The van der Waals surface area contributed by atoms with E-state index in [1.165, 1.54) is 11.3 Å². The minimum absolute atomic E-state index is 0.384. The van der Waals surface area contributed by atoms with Crippen molar-refractivity contribution in [3.8, 4) is 0 Å². The van der Waals surface area contributed by atoms with E-state index in [0.29, 0.717) is 6.04 Å². The largest absolute Gasteiger partial charge is 0.378 e. The molecule has 0 spiro atoms. The zero-order valence-corrected chi connectivity index (χ0v) is 17.2. The van der Waals surface area contributed by atoms with E-state index in [-0.39, 0.29) is 0 Å². The van der Waals surface area contributed by atoms with Gasteiger partial charge in [0.1, 0.15) is 0 Å². The van der Waals surface area contributed by atoms with Crippen LogP contribution >= 0.6 is 12.2 Å². The zero-order valence-electron chi connectivity index (χ0n) is 16.4. The summed E-state index contributed by atoms with van der Waals surface area (Å²) in [5.74, 6) is 0. The fourth-order valence-corrected chi connectivity index (χ4v) is 3.00. The molecule has 2 aromatic rings. The van der Waals surface area contributed by atoms with Crippen molar-refractivity contribution in [3.63, 3.8) is 0 Å². The first-order chi connectivity index (χ1) is 12.5. The number of rotatable bonds is 9. The van der Waals surface area contributed by atoms with Crippen LogP contribution in [0.1, 0.15) is 32.3 Å². The summed E-state index contributed by atoms with van der Waals surface area (Å²) in [5, 5.41) is 4.29. The van der Waals surface area contributed by atoms with Crippen LogP contribution in [-0.2, 0) is 13.1 Å². The molecule has 6 heteroatoms. The number of aromatic nitrogens is 2. The van der Waals surface area contributed by atoms with Crippen LogP contribution in [0.5, 0.6) is 0 Å². The molecule has 0 aliphatic rings. The molecule has 1 atom stereocenters. The number of nitrogens with one attached hydrogen (secondary N) is 1. The molecular weight excluding hydrogens is 342 g/mol. The van der Waals surface area contributed by atoms with Gasteiger partial charge in [-0.3, -0.25) is 0 Å². The maximum atomic E-state index is 5.69. The Hall–Kier alpha value is -2.08. The molecule has 2 rings (SSSR count). The molecule has 1 aromatic heterocycles. The summed E-state index contributed by atoms with van der Waals surface area (Å²) in [7, 11) is 4.12. The Labute approximate surface area is 163 Å². The van der Waals surface area contributed by atoms with Gasteiger partial charge in [-0.2, -0.15) is 0 Å². The molecule has 0 amide bonds. The minimum Gasteiger partial charge on any atom is -0.378 e. The van der Waals surface area contributed by atoms with Crippen LogP contribution in [0.15, 0.2) is 43.0 Å². The lowest BCUT2D eigenvalue weighted by atomic mass is 10.2. The van der Waals surface area contributed by atoms with Crippen LogP contribution in [-0.4, -0.2) is 46.2 Å². The lowest BCUT2D eigenvalue weighted by molar-refractivity contribution is 0.379. The van der Waals surface area contributed by atoms with Crippen molar-refractivity contribution in [2.75, 3.05) is 25.5 Å². The second-order valence-electron chi connectivity index (χ2n) is 6.90. The van der Waals surface area contributed by atoms with Crippen molar-refractivity contribution in [3.05, 3.63) is 48.5 Å². The van der Waals surface area contributed by atoms with Gasteiger partial charge in [0.25, 0.3) is 0 Å². The van der Waals surface area contributed by atoms with Crippen molar-refractivity contribution >= 4 is 23.0 Å². The number of aryl methyl sites for hydroxylation is 1. The smallest absolute Gasteiger partial charge is 0.169 e. The highest BCUT2D eigenvalue weighted by Crippen LogP contribution is 2.14. The van der Waals surface area contributed by atoms with Crippen molar-refractivity contribution in [1.29, 1.82) is 0 Å². The first-order valence-corrected chi connectivity index (χ1v) is 9.68. The summed E-state index contributed by atoms with van der Waals surface area (Å²) in [6.45, 7) is 7.02. The Morgan fingerprint density at radius 2 is 2.00 bits per heavy atom. The number of benzene rings is 1. The van der Waals surface area contributed by atoms with Gasteiger partial charge in [-0.05, 0) is 49.7 Å². The van der Waals surface area contributed by atoms with Crippen LogP contribution in [0.2, 0.25) is 0 Å². The zero-order chi connectivity index (χ0) is 18.9. The summed E-state index contributed by atoms with van der Waals surface area (Å²) in [6, 6.07) is 9.07. The number of nitrogens with zero attached hydrogens (tertiary/aromatic N) is 4. The van der Waals surface area contributed by atoms with Gasteiger partial charge >= 0.3 is 0 Å². The summed E-state index contributed by atoms with van der Waals surface area (Å²) in [5.41, 5.74) is 2.48. The second kappa shape index (κ2) is 10.2. The van der Waals surface area contributed by atoms with Gasteiger partial charge in [0.2, 0.25) is 0 Å². The molecular formula is C20H31N5S. The molecule has 0 bridgehead atoms. The first kappa shape index (κ1) is 20.2. The second-order valence-corrected chi connectivity index (χ2v) is 7.28. The predicted octanol–water partition coefficient (Wildman–Crippen LogP) is 3.51. The van der Waals surface area contributed by atoms with Crippen LogP contribution in [0.4, 0.5) is 5.69 Å². The molecule has 26 heavy (non-hydrogen) atoms. The van der Waals surface area contributed by atoms with E-state index < -0.39 is 0 Å². The van der Waals surface area contributed by atoms with Crippen molar-refractivity contribution in [1.82, 2.24) is 19.8 Å². The third-order valence-electron chi connectivity index (χ3n) is 4.50. The van der Waals surface area contributed by atoms with Crippen molar-refractivity contribution in [2.45, 2.75) is 45.8 Å². The number of thiocarbonyl (C=S) groups is 1. The minimum atomic E-state index is 0.384. The predicted molar refractivity (Wildman–Crippen MR) is 114 cm³/mol. The third-order valence-corrected chi connectivity index (χ3v) is 4.88. The van der Waals surface area contributed by atoms with E-state index in [9.17, 15) is 0 Å². The van der Waals surface area contributed by atoms with Gasteiger partial charge in [0.15, 0.2) is 5.11 Å². The van der Waals surface area contributed by atoms with Crippen molar-refractivity contribution in [2.24, 2.45) is 0 Å². The van der Waals surface area contributed by atoms with Gasteiger partial charge in [-0.15, -0.1) is 0 Å². The maximum absolute atomic E-state index is 5.69. The van der Waals surface area contributed by atoms with Crippen LogP contribution < -0.4 is 10.2 Å². The van der Waals surface area contributed by atoms with Gasteiger partial charge in [-0.25, -0.2) is 4.98 Å². The normalized spacial score (nSPS) is 11.8. The molecule has 142 valence electrons. The molecule has 1 unspecified atom stereocenters. The highest BCUT2D eigenvalue weighted by atomic mass is 32.1. The Morgan fingerprint density at radius 1 is 1.27 bits per heavy atom. The summed E-state index contributed by atoms with van der Waals surface area (Å²) in [4.78, 5) is 8.48. The average Bonchev–Trinajstić information content (AvgIpc) is 3.14. The summed E-state index contributed by atoms with van der Waals surface area (Å²) in [6.07, 6.45) is 7.76. The summed E-state index contributed by atoms with van der Waals surface area (Å²) >= 11 is 5.69. The van der Waals surface area contributed by atoms with Crippen LogP contribution in [0, 0.1) is 0 Å². The molecule has 5 nitrogen and oxygen atoms in total. The molecule has 1 N–H and O–H groups in total. The quantitative estimate of drug-likeness (QED) is 0.681. The lowest BCUT2D eigenvalue weighted by Gasteiger charge is -2.28. The van der Waals surface area contributed by atoms with E-state index >= 15 is 0 Å². The SMILES string of the molecule is CCC(C)NC(=S)N(CCCn1ccnc1)Cc1ccc(N(C)C)cc1. The standard InChI is InChI=1S/C20H31N5S/c1-5-17(2)22-20(26)25(13-6-12-24-14-11-21-16-24)15-18-7-9-19(10-8-18)23(3)4/h7-11,14,16-17H,5-6,12-13,15H2,1-4H3,(H,22,26). The molecule has 0 saturated heterocycles. The number of imidazole rings is 1. The van der Waals surface area contributed by atoms with Gasteiger partial charge in [0.05, 0.1) is 6.33 Å². The Bertz CT molecular complexity index is 651. The first-order valence-electron chi connectivity index (χ1n) is 9.27. The Morgan fingerprint density at radius 3 is 2.58 bits per heavy atom. The number of hydrogen-bond donors (Lipinski definition) is 1. The topological polar surface area (TPSA) is 36.3 Å². The van der Waals surface area contributed by atoms with Gasteiger partial charge in [-0.1, -0.05) is 19.1 Å². The molecule has 1 heterocycles. The van der Waals surface area contributed by atoms with Gasteiger partial charge in [0, 0.05) is 57.9 Å². The average molecular weight is 374 g/mol. The maximum Gasteiger partial charge on any atom is 0.169 e.